The number of ether oxygens (including phenoxy) is 2. The maximum atomic E-state index is 6.12. The lowest BCUT2D eigenvalue weighted by molar-refractivity contribution is -0.0590. The van der Waals surface area contributed by atoms with Crippen LogP contribution in [0.4, 0.5) is 0 Å². The van der Waals surface area contributed by atoms with Crippen LogP contribution in [0.3, 0.4) is 0 Å². The van der Waals surface area contributed by atoms with Crippen LogP contribution in [0.2, 0.25) is 0 Å². The van der Waals surface area contributed by atoms with Crippen LogP contribution >= 0.6 is 0 Å². The first-order valence-corrected chi connectivity index (χ1v) is 6.58. The Morgan fingerprint density at radius 2 is 2.11 bits per heavy atom. The highest BCUT2D eigenvalue weighted by Crippen LogP contribution is 2.21. The van der Waals surface area contributed by atoms with Crippen molar-refractivity contribution in [3.63, 3.8) is 0 Å². The largest absolute Gasteiger partial charge is 0.379 e. The van der Waals surface area contributed by atoms with Crippen LogP contribution in [0, 0.1) is 0 Å². The predicted octanol–water partition coefficient (Wildman–Crippen LogP) is 2.30. The topological polar surface area (TPSA) is 57.4 Å². The summed E-state index contributed by atoms with van der Waals surface area (Å²) in [5, 5.41) is 0. The van der Waals surface area contributed by atoms with Crippen molar-refractivity contribution in [2.75, 3.05) is 13.2 Å². The summed E-state index contributed by atoms with van der Waals surface area (Å²) in [6, 6.07) is 5.74. The summed E-state index contributed by atoms with van der Waals surface area (Å²) < 4.78 is 11.3. The SMILES string of the molecule is CCOCC(C)OC(c1ccccn1)C(N)CC. The maximum Gasteiger partial charge on any atom is 0.115 e. The zero-order chi connectivity index (χ0) is 13.4. The summed E-state index contributed by atoms with van der Waals surface area (Å²) in [5.41, 5.74) is 7.00. The lowest BCUT2D eigenvalue weighted by Crippen LogP contribution is -2.33. The van der Waals surface area contributed by atoms with Crippen LogP contribution < -0.4 is 5.73 Å². The van der Waals surface area contributed by atoms with E-state index in [-0.39, 0.29) is 18.2 Å². The minimum atomic E-state index is -0.174. The van der Waals surface area contributed by atoms with E-state index in [0.29, 0.717) is 13.2 Å². The van der Waals surface area contributed by atoms with Gasteiger partial charge in [-0.3, -0.25) is 4.98 Å². The van der Waals surface area contributed by atoms with Crippen molar-refractivity contribution in [2.24, 2.45) is 5.73 Å². The molecule has 4 nitrogen and oxygen atoms in total. The van der Waals surface area contributed by atoms with E-state index in [2.05, 4.69) is 11.9 Å². The summed E-state index contributed by atoms with van der Waals surface area (Å²) in [6.07, 6.45) is 2.45. The fourth-order valence-corrected chi connectivity index (χ4v) is 1.72. The van der Waals surface area contributed by atoms with E-state index in [1.807, 2.05) is 32.0 Å². The minimum Gasteiger partial charge on any atom is -0.379 e. The van der Waals surface area contributed by atoms with Crippen molar-refractivity contribution >= 4 is 0 Å². The standard InChI is InChI=1S/C14H24N2O2/c1-4-12(15)14(13-8-6-7-9-16-13)18-11(3)10-17-5-2/h6-9,11-12,14H,4-5,10,15H2,1-3H3. The fourth-order valence-electron chi connectivity index (χ4n) is 1.72. The third-order valence-electron chi connectivity index (χ3n) is 2.78. The average Bonchev–Trinajstić information content (AvgIpc) is 2.42. The Balaban J connectivity index is 2.68. The Morgan fingerprint density at radius 3 is 2.67 bits per heavy atom. The van der Waals surface area contributed by atoms with E-state index < -0.39 is 0 Å². The van der Waals surface area contributed by atoms with E-state index >= 15 is 0 Å². The average molecular weight is 252 g/mol. The zero-order valence-corrected chi connectivity index (χ0v) is 11.5. The molecule has 0 spiro atoms. The second kappa shape index (κ2) is 8.19. The minimum absolute atomic E-state index is 0.00885. The van der Waals surface area contributed by atoms with Gasteiger partial charge < -0.3 is 15.2 Å². The smallest absolute Gasteiger partial charge is 0.115 e. The Morgan fingerprint density at radius 1 is 1.33 bits per heavy atom. The number of aromatic nitrogens is 1. The molecule has 2 N–H and O–H groups in total. The first kappa shape index (κ1) is 15.1. The van der Waals surface area contributed by atoms with Gasteiger partial charge in [0.1, 0.15) is 6.10 Å². The second-order valence-corrected chi connectivity index (χ2v) is 4.35. The number of nitrogens with zero attached hydrogens (tertiary/aromatic N) is 1. The Labute approximate surface area is 110 Å². The molecule has 1 aromatic heterocycles. The van der Waals surface area contributed by atoms with Crippen molar-refractivity contribution in [1.29, 1.82) is 0 Å². The van der Waals surface area contributed by atoms with Gasteiger partial charge in [0.25, 0.3) is 0 Å². The van der Waals surface area contributed by atoms with Crippen molar-refractivity contribution in [3.8, 4) is 0 Å². The molecule has 0 amide bonds. The monoisotopic (exact) mass is 252 g/mol. The molecule has 0 aliphatic heterocycles. The molecule has 0 saturated carbocycles. The van der Waals surface area contributed by atoms with Crippen molar-refractivity contribution in [1.82, 2.24) is 4.98 Å². The molecule has 4 heteroatoms. The molecule has 18 heavy (non-hydrogen) atoms. The molecule has 102 valence electrons. The van der Waals surface area contributed by atoms with E-state index in [1.165, 1.54) is 0 Å². The van der Waals surface area contributed by atoms with Gasteiger partial charge in [0.2, 0.25) is 0 Å². The fraction of sp³-hybridized carbons (Fsp3) is 0.643. The van der Waals surface area contributed by atoms with E-state index in [0.717, 1.165) is 12.1 Å². The summed E-state index contributed by atoms with van der Waals surface area (Å²) in [7, 11) is 0. The number of pyridine rings is 1. The van der Waals surface area contributed by atoms with Crippen LogP contribution in [-0.2, 0) is 9.47 Å². The lowest BCUT2D eigenvalue weighted by Gasteiger charge is -2.26. The molecule has 0 saturated heterocycles. The molecule has 0 aliphatic carbocycles. The van der Waals surface area contributed by atoms with Crippen LogP contribution in [0.15, 0.2) is 24.4 Å². The molecule has 0 radical (unpaired) electrons. The van der Waals surface area contributed by atoms with Gasteiger partial charge in [-0.25, -0.2) is 0 Å². The molecule has 3 unspecified atom stereocenters. The Bertz CT molecular complexity index is 319. The summed E-state index contributed by atoms with van der Waals surface area (Å²) in [6.45, 7) is 7.30. The van der Waals surface area contributed by atoms with Gasteiger partial charge in [-0.15, -0.1) is 0 Å². The van der Waals surface area contributed by atoms with Crippen LogP contribution in [-0.4, -0.2) is 30.3 Å². The molecule has 1 rings (SSSR count). The summed E-state index contributed by atoms with van der Waals surface area (Å²) in [5.74, 6) is 0. The number of hydrogen-bond donors (Lipinski definition) is 1. The highest BCUT2D eigenvalue weighted by atomic mass is 16.5. The summed E-state index contributed by atoms with van der Waals surface area (Å²) >= 11 is 0. The van der Waals surface area contributed by atoms with Crippen molar-refractivity contribution < 1.29 is 9.47 Å². The van der Waals surface area contributed by atoms with E-state index in [9.17, 15) is 0 Å². The molecule has 0 aromatic carbocycles. The molecular formula is C14H24N2O2. The predicted molar refractivity (Wildman–Crippen MR) is 72.3 cm³/mol. The quantitative estimate of drug-likeness (QED) is 0.771. The van der Waals surface area contributed by atoms with Gasteiger partial charge in [0.05, 0.1) is 18.4 Å². The van der Waals surface area contributed by atoms with Crippen LogP contribution in [0.5, 0.6) is 0 Å². The van der Waals surface area contributed by atoms with E-state index in [4.69, 9.17) is 15.2 Å². The second-order valence-electron chi connectivity index (χ2n) is 4.35. The van der Waals surface area contributed by atoms with Gasteiger partial charge in [-0.05, 0) is 32.4 Å². The number of nitrogens with two attached hydrogens (primary N) is 1. The molecule has 0 fully saturated rings. The third-order valence-corrected chi connectivity index (χ3v) is 2.78. The Kier molecular flexibility index (Phi) is 6.86. The van der Waals surface area contributed by atoms with Crippen molar-refractivity contribution in [3.05, 3.63) is 30.1 Å². The first-order chi connectivity index (χ1) is 8.69. The zero-order valence-electron chi connectivity index (χ0n) is 11.5. The molecule has 0 bridgehead atoms. The number of rotatable bonds is 8. The highest BCUT2D eigenvalue weighted by molar-refractivity contribution is 5.09. The van der Waals surface area contributed by atoms with Gasteiger partial charge in [0.15, 0.2) is 0 Å². The van der Waals surface area contributed by atoms with Crippen molar-refractivity contribution in [2.45, 2.75) is 45.4 Å². The number of hydrogen-bond acceptors (Lipinski definition) is 4. The first-order valence-electron chi connectivity index (χ1n) is 6.58. The Hall–Kier alpha value is -0.970. The van der Waals surface area contributed by atoms with E-state index in [1.54, 1.807) is 6.20 Å². The normalized spacial score (nSPS) is 16.2. The molecule has 3 atom stereocenters. The van der Waals surface area contributed by atoms with Gasteiger partial charge >= 0.3 is 0 Å². The van der Waals surface area contributed by atoms with Gasteiger partial charge in [-0.2, -0.15) is 0 Å². The maximum absolute atomic E-state index is 6.12. The van der Waals surface area contributed by atoms with Crippen LogP contribution in [0.1, 0.15) is 39.0 Å². The summed E-state index contributed by atoms with van der Waals surface area (Å²) in [4.78, 5) is 4.34. The van der Waals surface area contributed by atoms with Gasteiger partial charge in [0, 0.05) is 18.8 Å². The molecule has 1 heterocycles. The molecule has 1 aromatic rings. The highest BCUT2D eigenvalue weighted by Gasteiger charge is 2.22. The third kappa shape index (κ3) is 4.72. The van der Waals surface area contributed by atoms with Crippen LogP contribution in [0.25, 0.3) is 0 Å². The van der Waals surface area contributed by atoms with Gasteiger partial charge in [-0.1, -0.05) is 13.0 Å². The molecule has 0 aliphatic rings. The molecular weight excluding hydrogens is 228 g/mol. The lowest BCUT2D eigenvalue weighted by atomic mass is 10.1.